The molecular weight excluding hydrogens is 214 g/mol. The molecule has 0 aromatic carbocycles. The van der Waals surface area contributed by atoms with E-state index in [1.54, 1.807) is 0 Å². The van der Waals surface area contributed by atoms with Crippen molar-refractivity contribution in [3.8, 4) is 0 Å². The Labute approximate surface area is 95.7 Å². The Morgan fingerprint density at radius 2 is 2.20 bits per heavy atom. The standard InChI is InChI=1S/C11H18ClNO2/c12-7-11(14)13-5-6-15-8-9-3-1-2-4-10(9)13/h9-10H,1-8H2/t9-,10+/m0/s1. The maximum absolute atomic E-state index is 11.7. The van der Waals surface area contributed by atoms with Crippen LogP contribution in [0.1, 0.15) is 25.7 Å². The zero-order chi connectivity index (χ0) is 10.7. The number of ether oxygens (including phenoxy) is 1. The van der Waals surface area contributed by atoms with E-state index in [9.17, 15) is 4.79 Å². The first-order valence-corrected chi connectivity index (χ1v) is 6.29. The van der Waals surface area contributed by atoms with E-state index in [0.717, 1.165) is 13.0 Å². The molecule has 1 amide bonds. The highest BCUT2D eigenvalue weighted by Crippen LogP contribution is 2.30. The third-order valence-electron chi connectivity index (χ3n) is 3.51. The molecule has 0 unspecified atom stereocenters. The van der Waals surface area contributed by atoms with Crippen LogP contribution in [0.2, 0.25) is 0 Å². The summed E-state index contributed by atoms with van der Waals surface area (Å²) in [5.41, 5.74) is 0. The molecule has 2 atom stereocenters. The van der Waals surface area contributed by atoms with Gasteiger partial charge in [-0.2, -0.15) is 0 Å². The van der Waals surface area contributed by atoms with Crippen LogP contribution in [0.25, 0.3) is 0 Å². The second kappa shape index (κ2) is 5.17. The Morgan fingerprint density at radius 1 is 1.40 bits per heavy atom. The van der Waals surface area contributed by atoms with E-state index in [2.05, 4.69) is 0 Å². The number of carbonyl (C=O) groups excluding carboxylic acids is 1. The van der Waals surface area contributed by atoms with Gasteiger partial charge in [0, 0.05) is 18.5 Å². The molecule has 0 aromatic heterocycles. The van der Waals surface area contributed by atoms with Crippen LogP contribution >= 0.6 is 11.6 Å². The van der Waals surface area contributed by atoms with Crippen molar-refractivity contribution < 1.29 is 9.53 Å². The van der Waals surface area contributed by atoms with Crippen molar-refractivity contribution in [2.24, 2.45) is 5.92 Å². The van der Waals surface area contributed by atoms with E-state index in [1.165, 1.54) is 19.3 Å². The molecule has 0 N–H and O–H groups in total. The Balaban J connectivity index is 2.09. The minimum atomic E-state index is 0.0686. The van der Waals surface area contributed by atoms with Gasteiger partial charge in [0.25, 0.3) is 0 Å². The average Bonchev–Trinajstić information content (AvgIpc) is 2.50. The van der Waals surface area contributed by atoms with Crippen molar-refractivity contribution in [3.05, 3.63) is 0 Å². The molecule has 0 aromatic rings. The molecule has 2 aliphatic rings. The third-order valence-corrected chi connectivity index (χ3v) is 3.74. The largest absolute Gasteiger partial charge is 0.379 e. The van der Waals surface area contributed by atoms with Crippen LogP contribution in [-0.2, 0) is 9.53 Å². The van der Waals surface area contributed by atoms with Crippen molar-refractivity contribution in [1.82, 2.24) is 4.90 Å². The second-order valence-electron chi connectivity index (χ2n) is 4.41. The predicted octanol–water partition coefficient (Wildman–Crippen LogP) is 1.64. The van der Waals surface area contributed by atoms with Crippen LogP contribution in [-0.4, -0.2) is 42.5 Å². The molecule has 0 bridgehead atoms. The van der Waals surface area contributed by atoms with Gasteiger partial charge in [-0.25, -0.2) is 0 Å². The van der Waals surface area contributed by atoms with E-state index in [-0.39, 0.29) is 11.8 Å². The molecule has 15 heavy (non-hydrogen) atoms. The summed E-state index contributed by atoms with van der Waals surface area (Å²) >= 11 is 5.64. The topological polar surface area (TPSA) is 29.5 Å². The summed E-state index contributed by atoms with van der Waals surface area (Å²) in [7, 11) is 0. The summed E-state index contributed by atoms with van der Waals surface area (Å²) in [6.07, 6.45) is 4.81. The van der Waals surface area contributed by atoms with Gasteiger partial charge in [-0.15, -0.1) is 11.6 Å². The smallest absolute Gasteiger partial charge is 0.237 e. The van der Waals surface area contributed by atoms with Crippen LogP contribution in [0.3, 0.4) is 0 Å². The first-order valence-electron chi connectivity index (χ1n) is 5.76. The van der Waals surface area contributed by atoms with Crippen LogP contribution in [0.15, 0.2) is 0 Å². The summed E-state index contributed by atoms with van der Waals surface area (Å²) < 4.78 is 5.55. The number of fused-ring (bicyclic) bond motifs is 1. The van der Waals surface area contributed by atoms with E-state index < -0.39 is 0 Å². The van der Waals surface area contributed by atoms with Crippen molar-refractivity contribution in [3.63, 3.8) is 0 Å². The van der Waals surface area contributed by atoms with Gasteiger partial charge in [0.2, 0.25) is 5.91 Å². The van der Waals surface area contributed by atoms with Crippen LogP contribution < -0.4 is 0 Å². The molecule has 3 nitrogen and oxygen atoms in total. The number of hydrogen-bond donors (Lipinski definition) is 0. The Morgan fingerprint density at radius 3 is 3.00 bits per heavy atom. The molecule has 1 saturated carbocycles. The molecule has 0 spiro atoms. The number of alkyl halides is 1. The second-order valence-corrected chi connectivity index (χ2v) is 4.67. The van der Waals surface area contributed by atoms with Crippen LogP contribution in [0.4, 0.5) is 0 Å². The Bertz CT molecular complexity index is 235. The van der Waals surface area contributed by atoms with Crippen LogP contribution in [0, 0.1) is 5.92 Å². The van der Waals surface area contributed by atoms with Crippen molar-refractivity contribution >= 4 is 17.5 Å². The highest BCUT2D eigenvalue weighted by atomic mass is 35.5. The van der Waals surface area contributed by atoms with Crippen molar-refractivity contribution in [1.29, 1.82) is 0 Å². The number of nitrogens with zero attached hydrogens (tertiary/aromatic N) is 1. The maximum atomic E-state index is 11.7. The summed E-state index contributed by atoms with van der Waals surface area (Å²) in [6.45, 7) is 2.19. The van der Waals surface area contributed by atoms with Crippen molar-refractivity contribution in [2.75, 3.05) is 25.6 Å². The van der Waals surface area contributed by atoms with Crippen molar-refractivity contribution in [2.45, 2.75) is 31.7 Å². The van der Waals surface area contributed by atoms with Gasteiger partial charge in [0.1, 0.15) is 5.88 Å². The maximum Gasteiger partial charge on any atom is 0.237 e. The highest BCUT2D eigenvalue weighted by Gasteiger charge is 2.34. The van der Waals surface area contributed by atoms with Crippen LogP contribution in [0.5, 0.6) is 0 Å². The lowest BCUT2D eigenvalue weighted by Gasteiger charge is -2.37. The van der Waals surface area contributed by atoms with Gasteiger partial charge in [-0.3, -0.25) is 4.79 Å². The van der Waals surface area contributed by atoms with Gasteiger partial charge in [-0.05, 0) is 12.8 Å². The van der Waals surface area contributed by atoms with E-state index in [4.69, 9.17) is 16.3 Å². The van der Waals surface area contributed by atoms with E-state index in [1.807, 2.05) is 4.90 Å². The summed E-state index contributed by atoms with van der Waals surface area (Å²) in [4.78, 5) is 13.7. The molecule has 0 radical (unpaired) electrons. The highest BCUT2D eigenvalue weighted by molar-refractivity contribution is 6.27. The fourth-order valence-electron chi connectivity index (χ4n) is 2.74. The normalized spacial score (nSPS) is 31.9. The SMILES string of the molecule is O=C(CCl)N1CCOC[C@@H]2CCCC[C@H]21. The summed E-state index contributed by atoms with van der Waals surface area (Å²) in [6, 6.07) is 0.382. The lowest BCUT2D eigenvalue weighted by atomic mass is 9.84. The van der Waals surface area contributed by atoms with Gasteiger partial charge < -0.3 is 9.64 Å². The molecule has 1 saturated heterocycles. The Hall–Kier alpha value is -0.280. The molecule has 1 heterocycles. The molecule has 4 heteroatoms. The number of rotatable bonds is 1. The average molecular weight is 232 g/mol. The zero-order valence-electron chi connectivity index (χ0n) is 8.95. The fraction of sp³-hybridized carbons (Fsp3) is 0.909. The zero-order valence-corrected chi connectivity index (χ0v) is 9.71. The number of carbonyl (C=O) groups is 1. The lowest BCUT2D eigenvalue weighted by molar-refractivity contribution is -0.132. The fourth-order valence-corrected chi connectivity index (χ4v) is 2.90. The van der Waals surface area contributed by atoms with Gasteiger partial charge in [0.15, 0.2) is 0 Å². The minimum Gasteiger partial charge on any atom is -0.379 e. The van der Waals surface area contributed by atoms with Gasteiger partial charge in [0.05, 0.1) is 13.2 Å². The van der Waals surface area contributed by atoms with Gasteiger partial charge in [-0.1, -0.05) is 12.8 Å². The number of amides is 1. The first kappa shape index (κ1) is 11.2. The molecule has 86 valence electrons. The van der Waals surface area contributed by atoms with E-state index >= 15 is 0 Å². The van der Waals surface area contributed by atoms with Gasteiger partial charge >= 0.3 is 0 Å². The van der Waals surface area contributed by atoms with E-state index in [0.29, 0.717) is 25.1 Å². The third kappa shape index (κ3) is 2.45. The lowest BCUT2D eigenvalue weighted by Crippen LogP contribution is -2.46. The summed E-state index contributed by atoms with van der Waals surface area (Å²) in [5, 5.41) is 0. The molecule has 1 aliphatic heterocycles. The number of halogens is 1. The Kier molecular flexibility index (Phi) is 3.87. The predicted molar refractivity (Wildman–Crippen MR) is 59.0 cm³/mol. The summed E-state index contributed by atoms with van der Waals surface area (Å²) in [5.74, 6) is 0.705. The molecule has 2 fully saturated rings. The first-order chi connectivity index (χ1) is 7.33. The number of hydrogen-bond acceptors (Lipinski definition) is 2. The quantitative estimate of drug-likeness (QED) is 0.643. The monoisotopic (exact) mass is 231 g/mol. The molecule has 1 aliphatic carbocycles. The molecule has 2 rings (SSSR count). The minimum absolute atomic E-state index is 0.0686. The molecular formula is C11H18ClNO2.